The highest BCUT2D eigenvalue weighted by Gasteiger charge is 2.38. The number of imide groups is 1. The van der Waals surface area contributed by atoms with Gasteiger partial charge in [-0.2, -0.15) is 0 Å². The molecule has 3 atom stereocenters. The molecule has 5 N–H and O–H groups in total. The molecule has 0 radical (unpaired) electrons. The Bertz CT molecular complexity index is 798. The van der Waals surface area contributed by atoms with Crippen LogP contribution >= 0.6 is 0 Å². The predicted octanol–water partition coefficient (Wildman–Crippen LogP) is 2.12. The SMILES string of the molecule is CCCC[C@@H](C(=O)O)N(C(=O)C(N)Cc1ccccc1)C(=O)C(N)Cc1ccccc1. The molecule has 2 amide bonds. The first-order valence-electron chi connectivity index (χ1n) is 10.5. The van der Waals surface area contributed by atoms with Crippen molar-refractivity contribution >= 4 is 17.8 Å². The van der Waals surface area contributed by atoms with E-state index in [-0.39, 0.29) is 19.3 Å². The number of carboxylic acids is 1. The summed E-state index contributed by atoms with van der Waals surface area (Å²) in [4.78, 5) is 39.2. The van der Waals surface area contributed by atoms with E-state index >= 15 is 0 Å². The van der Waals surface area contributed by atoms with Gasteiger partial charge in [-0.1, -0.05) is 80.4 Å². The Hall–Kier alpha value is -3.03. The highest BCUT2D eigenvalue weighted by atomic mass is 16.4. The third kappa shape index (κ3) is 7.01. The summed E-state index contributed by atoms with van der Waals surface area (Å²) in [6.45, 7) is 1.91. The standard InChI is InChI=1S/C24H31N3O4/c1-2-3-14-21(24(30)31)27(22(28)19(25)15-17-10-6-4-7-11-17)23(29)20(26)16-18-12-8-5-9-13-18/h4-13,19-21H,2-3,14-16,25-26H2,1H3,(H,30,31)/t19?,20?,21-/m0/s1. The summed E-state index contributed by atoms with van der Waals surface area (Å²) in [7, 11) is 0. The van der Waals surface area contributed by atoms with Crippen LogP contribution in [0.1, 0.15) is 37.3 Å². The van der Waals surface area contributed by atoms with Crippen molar-refractivity contribution in [2.45, 2.75) is 57.2 Å². The molecule has 2 unspecified atom stereocenters. The van der Waals surface area contributed by atoms with Gasteiger partial charge >= 0.3 is 5.97 Å². The average Bonchev–Trinajstić information content (AvgIpc) is 2.77. The van der Waals surface area contributed by atoms with Gasteiger partial charge in [0.05, 0.1) is 12.1 Å². The number of carboxylic acid groups (broad SMARTS) is 1. The van der Waals surface area contributed by atoms with Crippen molar-refractivity contribution in [3.05, 3.63) is 71.8 Å². The smallest absolute Gasteiger partial charge is 0.326 e. The quantitative estimate of drug-likeness (QED) is 0.506. The van der Waals surface area contributed by atoms with Gasteiger partial charge in [-0.15, -0.1) is 0 Å². The Kier molecular flexibility index (Phi) is 9.37. The molecule has 2 aromatic rings. The largest absolute Gasteiger partial charge is 0.480 e. The number of nitrogens with two attached hydrogens (primary N) is 2. The third-order valence-corrected chi connectivity index (χ3v) is 5.13. The molecule has 0 bridgehead atoms. The average molecular weight is 426 g/mol. The summed E-state index contributed by atoms with van der Waals surface area (Å²) in [6, 6.07) is 14.9. The minimum atomic E-state index is -1.30. The number of carbonyl (C=O) groups is 3. The lowest BCUT2D eigenvalue weighted by Crippen LogP contribution is -2.59. The van der Waals surface area contributed by atoms with Crippen LogP contribution in [0.5, 0.6) is 0 Å². The molecule has 31 heavy (non-hydrogen) atoms. The fraction of sp³-hybridized carbons (Fsp3) is 0.375. The topological polar surface area (TPSA) is 127 Å². The predicted molar refractivity (Wildman–Crippen MR) is 119 cm³/mol. The number of nitrogens with zero attached hydrogens (tertiary/aromatic N) is 1. The number of benzene rings is 2. The van der Waals surface area contributed by atoms with Crippen LogP contribution in [0.25, 0.3) is 0 Å². The summed E-state index contributed by atoms with van der Waals surface area (Å²) in [5.74, 6) is -2.68. The molecular weight excluding hydrogens is 394 g/mol. The van der Waals surface area contributed by atoms with E-state index in [4.69, 9.17) is 11.5 Å². The molecule has 2 aromatic carbocycles. The van der Waals surface area contributed by atoms with Gasteiger partial charge in [-0.3, -0.25) is 14.5 Å². The van der Waals surface area contributed by atoms with E-state index in [1.807, 2.05) is 67.6 Å². The van der Waals surface area contributed by atoms with E-state index in [1.54, 1.807) is 0 Å². The monoisotopic (exact) mass is 425 g/mol. The van der Waals surface area contributed by atoms with E-state index < -0.39 is 35.9 Å². The fourth-order valence-electron chi connectivity index (χ4n) is 3.44. The molecule has 0 fully saturated rings. The van der Waals surface area contributed by atoms with E-state index in [0.717, 1.165) is 22.4 Å². The minimum absolute atomic E-state index is 0.152. The second-order valence-corrected chi connectivity index (χ2v) is 7.64. The van der Waals surface area contributed by atoms with Crippen LogP contribution < -0.4 is 11.5 Å². The molecule has 0 spiro atoms. The van der Waals surface area contributed by atoms with Gasteiger partial charge in [0.2, 0.25) is 11.8 Å². The second kappa shape index (κ2) is 12.0. The zero-order valence-electron chi connectivity index (χ0n) is 17.8. The number of rotatable bonds is 11. The Balaban J connectivity index is 2.28. The Morgan fingerprint density at radius 3 is 1.61 bits per heavy atom. The van der Waals surface area contributed by atoms with Crippen LogP contribution in [0.15, 0.2) is 60.7 Å². The van der Waals surface area contributed by atoms with E-state index in [9.17, 15) is 19.5 Å². The highest BCUT2D eigenvalue weighted by Crippen LogP contribution is 2.16. The number of unbranched alkanes of at least 4 members (excludes halogenated alkanes) is 1. The maximum absolute atomic E-state index is 13.2. The molecule has 7 heteroatoms. The van der Waals surface area contributed by atoms with Crippen LogP contribution in [0.2, 0.25) is 0 Å². The lowest BCUT2D eigenvalue weighted by Gasteiger charge is -2.31. The van der Waals surface area contributed by atoms with Crippen molar-refractivity contribution in [3.8, 4) is 0 Å². The van der Waals surface area contributed by atoms with Crippen molar-refractivity contribution in [1.29, 1.82) is 0 Å². The number of hydrogen-bond acceptors (Lipinski definition) is 5. The van der Waals surface area contributed by atoms with Gasteiger partial charge in [0.1, 0.15) is 6.04 Å². The molecule has 166 valence electrons. The van der Waals surface area contributed by atoms with E-state index in [1.165, 1.54) is 0 Å². The third-order valence-electron chi connectivity index (χ3n) is 5.13. The first-order valence-corrected chi connectivity index (χ1v) is 10.5. The summed E-state index contributed by atoms with van der Waals surface area (Å²) in [5, 5.41) is 9.78. The zero-order valence-corrected chi connectivity index (χ0v) is 17.8. The first-order chi connectivity index (χ1) is 14.8. The first kappa shape index (κ1) is 24.2. The molecule has 0 aliphatic rings. The molecule has 0 aromatic heterocycles. The molecule has 2 rings (SSSR count). The van der Waals surface area contributed by atoms with Gasteiger partial charge in [0, 0.05) is 0 Å². The number of carbonyl (C=O) groups excluding carboxylic acids is 2. The van der Waals surface area contributed by atoms with Gasteiger partial charge < -0.3 is 16.6 Å². The molecule has 0 aliphatic heterocycles. The Morgan fingerprint density at radius 1 is 0.839 bits per heavy atom. The summed E-state index contributed by atoms with van der Waals surface area (Å²) < 4.78 is 0. The van der Waals surface area contributed by atoms with Crippen molar-refractivity contribution in [3.63, 3.8) is 0 Å². The Morgan fingerprint density at radius 2 is 1.26 bits per heavy atom. The summed E-state index contributed by atoms with van der Waals surface area (Å²) >= 11 is 0. The van der Waals surface area contributed by atoms with E-state index in [2.05, 4.69) is 0 Å². The van der Waals surface area contributed by atoms with Crippen molar-refractivity contribution in [2.75, 3.05) is 0 Å². The van der Waals surface area contributed by atoms with Gasteiger partial charge in [0.15, 0.2) is 0 Å². The fourth-order valence-corrected chi connectivity index (χ4v) is 3.44. The van der Waals surface area contributed by atoms with E-state index in [0.29, 0.717) is 6.42 Å². The molecule has 0 saturated carbocycles. The number of aliphatic carboxylic acids is 1. The maximum atomic E-state index is 13.2. The van der Waals surface area contributed by atoms with Gasteiger partial charge in [0.25, 0.3) is 0 Å². The van der Waals surface area contributed by atoms with Crippen LogP contribution in [0.3, 0.4) is 0 Å². The second-order valence-electron chi connectivity index (χ2n) is 7.64. The van der Waals surface area contributed by atoms with Crippen LogP contribution in [-0.2, 0) is 27.2 Å². The highest BCUT2D eigenvalue weighted by molar-refractivity contribution is 6.03. The van der Waals surface area contributed by atoms with Gasteiger partial charge in [-0.25, -0.2) is 4.79 Å². The van der Waals surface area contributed by atoms with Crippen molar-refractivity contribution in [2.24, 2.45) is 11.5 Å². The minimum Gasteiger partial charge on any atom is -0.480 e. The lowest BCUT2D eigenvalue weighted by molar-refractivity contribution is -0.159. The summed E-state index contributed by atoms with van der Waals surface area (Å²) in [6.07, 6.45) is 1.82. The maximum Gasteiger partial charge on any atom is 0.326 e. The van der Waals surface area contributed by atoms with Gasteiger partial charge in [-0.05, 0) is 30.4 Å². The zero-order chi connectivity index (χ0) is 22.8. The normalized spacial score (nSPS) is 13.8. The lowest BCUT2D eigenvalue weighted by atomic mass is 10.00. The summed E-state index contributed by atoms with van der Waals surface area (Å²) in [5.41, 5.74) is 13.9. The van der Waals surface area contributed by atoms with Crippen LogP contribution in [0.4, 0.5) is 0 Å². The number of hydrogen-bond donors (Lipinski definition) is 3. The number of amides is 2. The molecule has 7 nitrogen and oxygen atoms in total. The Labute approximate surface area is 183 Å². The van der Waals surface area contributed by atoms with Crippen LogP contribution in [-0.4, -0.2) is 45.9 Å². The van der Waals surface area contributed by atoms with Crippen molar-refractivity contribution in [1.82, 2.24) is 4.90 Å². The molecule has 0 heterocycles. The van der Waals surface area contributed by atoms with Crippen molar-refractivity contribution < 1.29 is 19.5 Å². The van der Waals surface area contributed by atoms with Crippen LogP contribution in [0, 0.1) is 0 Å². The molecule has 0 saturated heterocycles. The molecule has 0 aliphatic carbocycles. The molecular formula is C24H31N3O4.